The summed E-state index contributed by atoms with van der Waals surface area (Å²) in [5.41, 5.74) is 4.24. The predicted molar refractivity (Wildman–Crippen MR) is 107 cm³/mol. The zero-order chi connectivity index (χ0) is 19.7. The van der Waals surface area contributed by atoms with Crippen LogP contribution in [0.5, 0.6) is 0 Å². The Balaban J connectivity index is 1.58. The van der Waals surface area contributed by atoms with Gasteiger partial charge in [-0.3, -0.25) is 0 Å². The Labute approximate surface area is 163 Å². The molecule has 144 valence electrons. The lowest BCUT2D eigenvalue weighted by Gasteiger charge is -2.25. The highest BCUT2D eigenvalue weighted by Gasteiger charge is 2.27. The van der Waals surface area contributed by atoms with Crippen LogP contribution in [0.3, 0.4) is 0 Å². The molecule has 1 aromatic heterocycles. The summed E-state index contributed by atoms with van der Waals surface area (Å²) in [5.74, 6) is -0.486. The summed E-state index contributed by atoms with van der Waals surface area (Å²) in [4.78, 5) is 27.0. The maximum Gasteiger partial charge on any atom is 0.333 e. The van der Waals surface area contributed by atoms with Crippen molar-refractivity contribution in [2.24, 2.45) is 7.05 Å². The monoisotopic (exact) mass is 377 g/mol. The lowest BCUT2D eigenvalue weighted by Crippen LogP contribution is -2.44. The van der Waals surface area contributed by atoms with E-state index >= 15 is 0 Å². The molecule has 0 saturated carbocycles. The van der Waals surface area contributed by atoms with E-state index in [1.807, 2.05) is 31.3 Å². The number of hydrogen-bond acceptors (Lipinski definition) is 3. The molecule has 6 nitrogen and oxygen atoms in total. The van der Waals surface area contributed by atoms with Gasteiger partial charge in [-0.2, -0.15) is 0 Å². The van der Waals surface area contributed by atoms with Gasteiger partial charge in [-0.15, -0.1) is 0 Å². The highest BCUT2D eigenvalue weighted by Crippen LogP contribution is 2.29. The molecule has 0 radical (unpaired) electrons. The molecular formula is C22H23N3O3. The molecular weight excluding hydrogens is 354 g/mol. The van der Waals surface area contributed by atoms with Gasteiger partial charge in [0, 0.05) is 37.2 Å². The number of carbonyl (C=O) groups is 2. The van der Waals surface area contributed by atoms with E-state index in [0.717, 1.165) is 12.0 Å². The van der Waals surface area contributed by atoms with Crippen molar-refractivity contribution in [3.05, 3.63) is 71.4 Å². The van der Waals surface area contributed by atoms with Crippen LogP contribution in [-0.2, 0) is 29.5 Å². The number of amides is 2. The summed E-state index contributed by atoms with van der Waals surface area (Å²) < 4.78 is 7.03. The Morgan fingerprint density at radius 3 is 2.61 bits per heavy atom. The standard InChI is InChI=1S/C22H23N3O3/c1-24-13-17-11-12-25(14-16-9-6-10-18(24)19(16)17)22(27)23-20(21(26)28-2)15-7-4-3-5-8-15/h3-10,13,20H,11-12,14H2,1-2H3,(H,23,27)/t20-/m0/s1. The molecule has 0 saturated heterocycles. The van der Waals surface area contributed by atoms with Gasteiger partial charge in [0.1, 0.15) is 0 Å². The molecule has 3 aromatic rings. The number of nitrogens with zero attached hydrogens (tertiary/aromatic N) is 2. The van der Waals surface area contributed by atoms with Crippen molar-refractivity contribution in [1.29, 1.82) is 0 Å². The first-order chi connectivity index (χ1) is 13.6. The van der Waals surface area contributed by atoms with Crippen LogP contribution in [0.25, 0.3) is 10.9 Å². The van der Waals surface area contributed by atoms with Crippen molar-refractivity contribution in [3.63, 3.8) is 0 Å². The number of nitrogens with one attached hydrogen (secondary N) is 1. The molecule has 6 heteroatoms. The van der Waals surface area contributed by atoms with Gasteiger partial charge in [-0.1, -0.05) is 42.5 Å². The molecule has 28 heavy (non-hydrogen) atoms. The minimum absolute atomic E-state index is 0.272. The summed E-state index contributed by atoms with van der Waals surface area (Å²) in [5, 5.41) is 4.08. The molecule has 0 fully saturated rings. The zero-order valence-electron chi connectivity index (χ0n) is 16.0. The molecule has 4 rings (SSSR count). The van der Waals surface area contributed by atoms with Crippen molar-refractivity contribution < 1.29 is 14.3 Å². The van der Waals surface area contributed by atoms with Crippen LogP contribution in [0.4, 0.5) is 4.79 Å². The Bertz CT molecular complexity index is 1030. The molecule has 0 unspecified atom stereocenters. The van der Waals surface area contributed by atoms with Gasteiger partial charge in [0.2, 0.25) is 0 Å². The first-order valence-electron chi connectivity index (χ1n) is 9.32. The topological polar surface area (TPSA) is 63.6 Å². The van der Waals surface area contributed by atoms with E-state index in [4.69, 9.17) is 4.74 Å². The lowest BCUT2D eigenvalue weighted by molar-refractivity contribution is -0.143. The summed E-state index contributed by atoms with van der Waals surface area (Å²) in [6.07, 6.45) is 2.91. The van der Waals surface area contributed by atoms with E-state index in [0.29, 0.717) is 18.7 Å². The highest BCUT2D eigenvalue weighted by molar-refractivity contribution is 5.89. The Morgan fingerprint density at radius 1 is 1.07 bits per heavy atom. The van der Waals surface area contributed by atoms with Crippen molar-refractivity contribution >= 4 is 22.9 Å². The van der Waals surface area contributed by atoms with E-state index in [2.05, 4.69) is 28.2 Å². The van der Waals surface area contributed by atoms with Gasteiger partial charge in [-0.25, -0.2) is 9.59 Å². The number of aryl methyl sites for hydroxylation is 1. The number of ether oxygens (including phenoxy) is 1. The van der Waals surface area contributed by atoms with E-state index in [9.17, 15) is 9.59 Å². The second kappa shape index (κ2) is 7.38. The summed E-state index contributed by atoms with van der Waals surface area (Å²) in [7, 11) is 3.37. The molecule has 1 aliphatic rings. The fourth-order valence-electron chi connectivity index (χ4n) is 3.91. The van der Waals surface area contributed by atoms with Crippen LogP contribution in [0, 0.1) is 0 Å². The number of rotatable bonds is 3. The summed E-state index contributed by atoms with van der Waals surface area (Å²) >= 11 is 0. The van der Waals surface area contributed by atoms with Gasteiger partial charge < -0.3 is 19.5 Å². The molecule has 2 heterocycles. The molecule has 1 aliphatic heterocycles. The van der Waals surface area contributed by atoms with Gasteiger partial charge >= 0.3 is 12.0 Å². The van der Waals surface area contributed by atoms with Crippen LogP contribution in [0.1, 0.15) is 22.7 Å². The van der Waals surface area contributed by atoms with E-state index in [1.54, 1.807) is 17.0 Å². The quantitative estimate of drug-likeness (QED) is 0.713. The minimum Gasteiger partial charge on any atom is -0.467 e. The highest BCUT2D eigenvalue weighted by atomic mass is 16.5. The average molecular weight is 377 g/mol. The smallest absolute Gasteiger partial charge is 0.333 e. The predicted octanol–water partition coefficient (Wildman–Crippen LogP) is 3.16. The van der Waals surface area contributed by atoms with Crippen molar-refractivity contribution in [2.75, 3.05) is 13.7 Å². The number of benzene rings is 2. The van der Waals surface area contributed by atoms with Gasteiger partial charge in [0.15, 0.2) is 6.04 Å². The number of esters is 1. The van der Waals surface area contributed by atoms with E-state index in [-0.39, 0.29) is 6.03 Å². The van der Waals surface area contributed by atoms with E-state index < -0.39 is 12.0 Å². The molecule has 0 bridgehead atoms. The molecule has 1 N–H and O–H groups in total. The Morgan fingerprint density at radius 2 is 1.86 bits per heavy atom. The number of methoxy groups -OCH3 is 1. The fraction of sp³-hybridized carbons (Fsp3) is 0.273. The van der Waals surface area contributed by atoms with Crippen LogP contribution in [-0.4, -0.2) is 35.1 Å². The number of hydrogen-bond donors (Lipinski definition) is 1. The molecule has 0 aliphatic carbocycles. The second-order valence-corrected chi connectivity index (χ2v) is 7.06. The third kappa shape index (κ3) is 3.22. The zero-order valence-corrected chi connectivity index (χ0v) is 16.0. The Kier molecular flexibility index (Phi) is 4.77. The molecule has 2 aromatic carbocycles. The molecule has 0 spiro atoms. The maximum absolute atomic E-state index is 13.0. The first kappa shape index (κ1) is 18.1. The number of aromatic nitrogens is 1. The fourth-order valence-corrected chi connectivity index (χ4v) is 3.91. The van der Waals surface area contributed by atoms with Crippen LogP contribution < -0.4 is 5.32 Å². The second-order valence-electron chi connectivity index (χ2n) is 7.06. The first-order valence-corrected chi connectivity index (χ1v) is 9.32. The van der Waals surface area contributed by atoms with Gasteiger partial charge in [-0.05, 0) is 29.2 Å². The SMILES string of the molecule is COC(=O)[C@@H](NC(=O)N1CCc2cn(C)c3cccc(c23)C1)c1ccccc1. The largest absolute Gasteiger partial charge is 0.467 e. The maximum atomic E-state index is 13.0. The average Bonchev–Trinajstić information content (AvgIpc) is 2.93. The molecule has 1 atom stereocenters. The minimum atomic E-state index is -0.832. The van der Waals surface area contributed by atoms with Crippen LogP contribution >= 0.6 is 0 Å². The summed E-state index contributed by atoms with van der Waals surface area (Å²) in [6.45, 7) is 1.09. The van der Waals surface area contributed by atoms with Crippen LogP contribution in [0.15, 0.2) is 54.7 Å². The third-order valence-corrected chi connectivity index (χ3v) is 5.32. The third-order valence-electron chi connectivity index (χ3n) is 5.32. The molecule has 2 amide bonds. The lowest BCUT2D eigenvalue weighted by atomic mass is 10.1. The van der Waals surface area contributed by atoms with Crippen molar-refractivity contribution in [3.8, 4) is 0 Å². The van der Waals surface area contributed by atoms with Gasteiger partial charge in [0.25, 0.3) is 0 Å². The van der Waals surface area contributed by atoms with Crippen molar-refractivity contribution in [2.45, 2.75) is 19.0 Å². The Hall–Kier alpha value is -3.28. The van der Waals surface area contributed by atoms with Gasteiger partial charge in [0.05, 0.1) is 7.11 Å². The van der Waals surface area contributed by atoms with Crippen LogP contribution in [0.2, 0.25) is 0 Å². The van der Waals surface area contributed by atoms with E-state index in [1.165, 1.54) is 23.6 Å². The number of carbonyl (C=O) groups excluding carboxylic acids is 2. The van der Waals surface area contributed by atoms with Crippen molar-refractivity contribution in [1.82, 2.24) is 14.8 Å². The number of urea groups is 1. The summed E-state index contributed by atoms with van der Waals surface area (Å²) in [6, 6.07) is 14.2. The normalized spacial score (nSPS) is 14.4.